The molecule has 1 aromatic carbocycles. The molecule has 1 unspecified atom stereocenters. The van der Waals surface area contributed by atoms with Gasteiger partial charge in [-0.3, -0.25) is 9.80 Å². The third-order valence-corrected chi connectivity index (χ3v) is 4.39. The highest BCUT2D eigenvalue weighted by atomic mass is 15.3. The molecule has 2 saturated heterocycles. The van der Waals surface area contributed by atoms with E-state index in [0.29, 0.717) is 0 Å². The van der Waals surface area contributed by atoms with Crippen molar-refractivity contribution in [3.05, 3.63) is 35.9 Å². The first kappa shape index (κ1) is 13.1. The fraction of sp³-hybridized carbons (Fsp3) is 0.625. The van der Waals surface area contributed by atoms with Crippen molar-refractivity contribution in [2.75, 3.05) is 39.3 Å². The molecule has 3 nitrogen and oxygen atoms in total. The highest BCUT2D eigenvalue weighted by molar-refractivity contribution is 5.14. The van der Waals surface area contributed by atoms with Crippen LogP contribution in [0.2, 0.25) is 0 Å². The lowest BCUT2D eigenvalue weighted by atomic mass is 10.2. The number of nitrogens with zero attached hydrogens (tertiary/aromatic N) is 2. The molecular formula is C16H25N3. The third-order valence-electron chi connectivity index (χ3n) is 4.39. The predicted octanol–water partition coefficient (Wildman–Crippen LogP) is 1.56. The van der Waals surface area contributed by atoms with Crippen LogP contribution in [0, 0.1) is 0 Å². The lowest BCUT2D eigenvalue weighted by molar-refractivity contribution is 0.202. The van der Waals surface area contributed by atoms with Crippen LogP contribution in [0.4, 0.5) is 0 Å². The van der Waals surface area contributed by atoms with Gasteiger partial charge in [0.2, 0.25) is 0 Å². The lowest BCUT2D eigenvalue weighted by Crippen LogP contribution is -2.39. The van der Waals surface area contributed by atoms with E-state index in [9.17, 15) is 0 Å². The van der Waals surface area contributed by atoms with Crippen LogP contribution in [-0.2, 0) is 6.54 Å². The van der Waals surface area contributed by atoms with Gasteiger partial charge in [0.25, 0.3) is 0 Å². The zero-order valence-electron chi connectivity index (χ0n) is 11.7. The summed E-state index contributed by atoms with van der Waals surface area (Å²) >= 11 is 0. The van der Waals surface area contributed by atoms with Gasteiger partial charge in [-0.15, -0.1) is 0 Å². The van der Waals surface area contributed by atoms with Crippen LogP contribution in [-0.4, -0.2) is 55.1 Å². The minimum Gasteiger partial charge on any atom is -0.315 e. The maximum atomic E-state index is 3.50. The molecule has 2 aliphatic rings. The van der Waals surface area contributed by atoms with Gasteiger partial charge in [-0.25, -0.2) is 0 Å². The van der Waals surface area contributed by atoms with Crippen molar-refractivity contribution < 1.29 is 0 Å². The van der Waals surface area contributed by atoms with Gasteiger partial charge in [0.15, 0.2) is 0 Å². The highest BCUT2D eigenvalue weighted by Crippen LogP contribution is 2.18. The molecule has 0 amide bonds. The molecule has 2 heterocycles. The Kier molecular flexibility index (Phi) is 4.49. The van der Waals surface area contributed by atoms with Gasteiger partial charge >= 0.3 is 0 Å². The minimum atomic E-state index is 0.781. The largest absolute Gasteiger partial charge is 0.315 e. The molecule has 1 aromatic rings. The lowest BCUT2D eigenvalue weighted by Gasteiger charge is -2.27. The zero-order valence-corrected chi connectivity index (χ0v) is 11.7. The first-order valence-electron chi connectivity index (χ1n) is 7.63. The standard InChI is InChI=1S/C16H25N3/c1-2-5-15(6-3-1)13-18-11-7-16(14-18)19-10-4-8-17-9-12-19/h1-3,5-6,16-17H,4,7-14H2. The van der Waals surface area contributed by atoms with Gasteiger partial charge < -0.3 is 5.32 Å². The second-order valence-corrected chi connectivity index (χ2v) is 5.80. The molecule has 0 aliphatic carbocycles. The molecule has 2 fully saturated rings. The van der Waals surface area contributed by atoms with Crippen LogP contribution in [0.3, 0.4) is 0 Å². The number of nitrogens with one attached hydrogen (secondary N) is 1. The second-order valence-electron chi connectivity index (χ2n) is 5.80. The molecule has 0 spiro atoms. The fourth-order valence-corrected chi connectivity index (χ4v) is 3.33. The topological polar surface area (TPSA) is 18.5 Å². The summed E-state index contributed by atoms with van der Waals surface area (Å²) in [5.74, 6) is 0. The minimum absolute atomic E-state index is 0.781. The second kappa shape index (κ2) is 6.51. The predicted molar refractivity (Wildman–Crippen MR) is 79.2 cm³/mol. The van der Waals surface area contributed by atoms with Gasteiger partial charge in [0.1, 0.15) is 0 Å². The Morgan fingerprint density at radius 3 is 2.84 bits per heavy atom. The van der Waals surface area contributed by atoms with E-state index in [1.165, 1.54) is 51.1 Å². The summed E-state index contributed by atoms with van der Waals surface area (Å²) in [6, 6.07) is 11.6. The summed E-state index contributed by atoms with van der Waals surface area (Å²) in [5, 5.41) is 3.50. The van der Waals surface area contributed by atoms with Gasteiger partial charge in [-0.05, 0) is 31.5 Å². The molecule has 2 aliphatic heterocycles. The van der Waals surface area contributed by atoms with E-state index in [0.717, 1.165) is 19.1 Å². The first-order valence-corrected chi connectivity index (χ1v) is 7.63. The Bertz CT molecular complexity index is 371. The Hall–Kier alpha value is -0.900. The van der Waals surface area contributed by atoms with E-state index in [1.807, 2.05) is 0 Å². The maximum absolute atomic E-state index is 3.50. The van der Waals surface area contributed by atoms with Crippen molar-refractivity contribution in [3.8, 4) is 0 Å². The number of benzene rings is 1. The van der Waals surface area contributed by atoms with E-state index >= 15 is 0 Å². The van der Waals surface area contributed by atoms with Crippen molar-refractivity contribution in [2.24, 2.45) is 0 Å². The van der Waals surface area contributed by atoms with E-state index in [2.05, 4.69) is 45.4 Å². The molecule has 0 radical (unpaired) electrons. The Labute approximate surface area is 116 Å². The van der Waals surface area contributed by atoms with E-state index < -0.39 is 0 Å². The SMILES string of the molecule is c1ccc(CN2CCC(N3CCCNCC3)C2)cc1. The van der Waals surface area contributed by atoms with Crippen LogP contribution >= 0.6 is 0 Å². The molecule has 104 valence electrons. The summed E-state index contributed by atoms with van der Waals surface area (Å²) in [7, 11) is 0. The Balaban J connectivity index is 1.52. The fourth-order valence-electron chi connectivity index (χ4n) is 3.33. The summed E-state index contributed by atoms with van der Waals surface area (Å²) in [4.78, 5) is 5.31. The van der Waals surface area contributed by atoms with Gasteiger partial charge in [-0.1, -0.05) is 30.3 Å². The van der Waals surface area contributed by atoms with Gasteiger partial charge in [0.05, 0.1) is 0 Å². The zero-order chi connectivity index (χ0) is 12.9. The molecule has 0 saturated carbocycles. The van der Waals surface area contributed by atoms with Crippen molar-refractivity contribution in [3.63, 3.8) is 0 Å². The highest BCUT2D eigenvalue weighted by Gasteiger charge is 2.27. The first-order chi connectivity index (χ1) is 9.42. The molecule has 0 bridgehead atoms. The van der Waals surface area contributed by atoms with Crippen LogP contribution in [0.15, 0.2) is 30.3 Å². The van der Waals surface area contributed by atoms with Crippen molar-refractivity contribution in [1.82, 2.24) is 15.1 Å². The smallest absolute Gasteiger partial charge is 0.0236 e. The third kappa shape index (κ3) is 3.56. The Morgan fingerprint density at radius 2 is 1.95 bits per heavy atom. The van der Waals surface area contributed by atoms with Crippen LogP contribution in [0.5, 0.6) is 0 Å². The normalized spacial score (nSPS) is 26.4. The molecular weight excluding hydrogens is 234 g/mol. The monoisotopic (exact) mass is 259 g/mol. The molecule has 3 rings (SSSR count). The summed E-state index contributed by atoms with van der Waals surface area (Å²) in [6.45, 7) is 8.47. The summed E-state index contributed by atoms with van der Waals surface area (Å²) in [5.41, 5.74) is 1.45. The quantitative estimate of drug-likeness (QED) is 0.888. The number of hydrogen-bond acceptors (Lipinski definition) is 3. The van der Waals surface area contributed by atoms with Crippen LogP contribution < -0.4 is 5.32 Å². The molecule has 1 atom stereocenters. The molecule has 19 heavy (non-hydrogen) atoms. The van der Waals surface area contributed by atoms with E-state index in [-0.39, 0.29) is 0 Å². The van der Waals surface area contributed by atoms with E-state index in [1.54, 1.807) is 0 Å². The number of hydrogen-bond donors (Lipinski definition) is 1. The number of likely N-dealkylation sites (tertiary alicyclic amines) is 1. The van der Waals surface area contributed by atoms with Crippen molar-refractivity contribution in [1.29, 1.82) is 0 Å². The summed E-state index contributed by atoms with van der Waals surface area (Å²) in [6.07, 6.45) is 2.64. The van der Waals surface area contributed by atoms with Crippen LogP contribution in [0.25, 0.3) is 0 Å². The van der Waals surface area contributed by atoms with Gasteiger partial charge in [-0.2, -0.15) is 0 Å². The van der Waals surface area contributed by atoms with Crippen molar-refractivity contribution >= 4 is 0 Å². The molecule has 1 N–H and O–H groups in total. The van der Waals surface area contributed by atoms with Crippen molar-refractivity contribution in [2.45, 2.75) is 25.4 Å². The number of rotatable bonds is 3. The molecule has 0 aromatic heterocycles. The van der Waals surface area contributed by atoms with E-state index in [4.69, 9.17) is 0 Å². The summed E-state index contributed by atoms with van der Waals surface area (Å²) < 4.78 is 0. The average Bonchev–Trinajstić information content (AvgIpc) is 2.74. The van der Waals surface area contributed by atoms with Crippen LogP contribution in [0.1, 0.15) is 18.4 Å². The van der Waals surface area contributed by atoms with Gasteiger partial charge in [0, 0.05) is 38.8 Å². The molecule has 3 heteroatoms. The Morgan fingerprint density at radius 1 is 1.05 bits per heavy atom. The maximum Gasteiger partial charge on any atom is 0.0236 e. The average molecular weight is 259 g/mol.